The van der Waals surface area contributed by atoms with E-state index in [-0.39, 0.29) is 12.7 Å². The van der Waals surface area contributed by atoms with Crippen molar-refractivity contribution in [1.29, 1.82) is 0 Å². The van der Waals surface area contributed by atoms with Gasteiger partial charge in [-0.2, -0.15) is 0 Å². The van der Waals surface area contributed by atoms with Crippen LogP contribution in [0.15, 0.2) is 54.7 Å². The number of fused-ring (bicyclic) bond motifs is 2. The summed E-state index contributed by atoms with van der Waals surface area (Å²) in [6.07, 6.45) is 1.75. The first-order valence-corrected chi connectivity index (χ1v) is 9.68. The fourth-order valence-electron chi connectivity index (χ4n) is 3.64. The van der Waals surface area contributed by atoms with E-state index in [2.05, 4.69) is 15.3 Å². The smallest absolute Gasteiger partial charge is 0.251 e. The van der Waals surface area contributed by atoms with Gasteiger partial charge in [-0.3, -0.25) is 9.36 Å². The lowest BCUT2D eigenvalue weighted by Crippen LogP contribution is -2.23. The van der Waals surface area contributed by atoms with Gasteiger partial charge in [-0.05, 0) is 61.4 Å². The van der Waals surface area contributed by atoms with E-state index in [0.717, 1.165) is 39.6 Å². The van der Waals surface area contributed by atoms with Gasteiger partial charge in [0.25, 0.3) is 5.91 Å². The number of amides is 1. The number of nitrogens with one attached hydrogen (secondary N) is 1. The molecule has 0 bridgehead atoms. The Balaban J connectivity index is 1.41. The van der Waals surface area contributed by atoms with E-state index in [1.54, 1.807) is 6.20 Å². The number of carbonyl (C=O) groups excluding carboxylic acids is 1. The molecule has 0 atom stereocenters. The Kier molecular flexibility index (Phi) is 4.35. The fraction of sp³-hybridized carbons (Fsp3) is 0.174. The number of hydrogen-bond acceptors (Lipinski definition) is 5. The number of nitrogens with zero attached hydrogens (tertiary/aromatic N) is 3. The molecule has 0 fully saturated rings. The van der Waals surface area contributed by atoms with Gasteiger partial charge < -0.3 is 14.8 Å². The van der Waals surface area contributed by atoms with Crippen LogP contribution in [-0.4, -0.2) is 27.2 Å². The highest BCUT2D eigenvalue weighted by atomic mass is 16.7. The molecular weight excluding hydrogens is 380 g/mol. The third-order valence-corrected chi connectivity index (χ3v) is 5.19. The van der Waals surface area contributed by atoms with Crippen molar-refractivity contribution < 1.29 is 14.3 Å². The van der Waals surface area contributed by atoms with Crippen molar-refractivity contribution in [3.05, 3.63) is 77.2 Å². The summed E-state index contributed by atoms with van der Waals surface area (Å²) in [5.74, 6) is 2.10. The molecule has 30 heavy (non-hydrogen) atoms. The van der Waals surface area contributed by atoms with Crippen LogP contribution < -0.4 is 14.8 Å². The molecule has 7 nitrogen and oxygen atoms in total. The molecule has 0 aliphatic carbocycles. The number of carbonyl (C=O) groups is 1. The van der Waals surface area contributed by atoms with Gasteiger partial charge >= 0.3 is 0 Å². The minimum absolute atomic E-state index is 0.149. The van der Waals surface area contributed by atoms with Gasteiger partial charge in [-0.25, -0.2) is 9.97 Å². The predicted octanol–water partition coefficient (Wildman–Crippen LogP) is 3.70. The lowest BCUT2D eigenvalue weighted by atomic mass is 10.1. The molecule has 0 spiro atoms. The monoisotopic (exact) mass is 400 g/mol. The number of rotatable bonds is 4. The van der Waals surface area contributed by atoms with Crippen LogP contribution in [0.2, 0.25) is 0 Å². The molecule has 2 aromatic carbocycles. The number of ether oxygens (including phenoxy) is 2. The second-order valence-corrected chi connectivity index (χ2v) is 7.21. The van der Waals surface area contributed by atoms with E-state index in [1.165, 1.54) is 0 Å². The summed E-state index contributed by atoms with van der Waals surface area (Å²) < 4.78 is 12.7. The van der Waals surface area contributed by atoms with Gasteiger partial charge in [0.05, 0.1) is 5.69 Å². The van der Waals surface area contributed by atoms with Gasteiger partial charge in [-0.15, -0.1) is 0 Å². The van der Waals surface area contributed by atoms with Crippen molar-refractivity contribution in [2.75, 3.05) is 6.79 Å². The van der Waals surface area contributed by atoms with Gasteiger partial charge in [-0.1, -0.05) is 12.1 Å². The Morgan fingerprint density at radius 3 is 2.87 bits per heavy atom. The fourth-order valence-corrected chi connectivity index (χ4v) is 3.64. The first kappa shape index (κ1) is 18.2. The zero-order valence-electron chi connectivity index (χ0n) is 16.7. The predicted molar refractivity (Wildman–Crippen MR) is 112 cm³/mol. The maximum atomic E-state index is 12.8. The first-order valence-electron chi connectivity index (χ1n) is 9.68. The largest absolute Gasteiger partial charge is 0.454 e. The van der Waals surface area contributed by atoms with Crippen molar-refractivity contribution in [2.45, 2.75) is 20.4 Å². The molecule has 1 N–H and O–H groups in total. The zero-order chi connectivity index (χ0) is 20.7. The lowest BCUT2D eigenvalue weighted by molar-refractivity contribution is 0.0950. The van der Waals surface area contributed by atoms with Crippen LogP contribution in [0.3, 0.4) is 0 Å². The number of aromatic nitrogens is 3. The molecule has 2 aromatic heterocycles. The summed E-state index contributed by atoms with van der Waals surface area (Å²) in [5.41, 5.74) is 5.05. The van der Waals surface area contributed by atoms with Crippen molar-refractivity contribution in [3.63, 3.8) is 0 Å². The topological polar surface area (TPSA) is 78.3 Å². The lowest BCUT2D eigenvalue weighted by Gasteiger charge is -2.12. The Bertz CT molecular complexity index is 1280. The molecular formula is C23H20N4O3. The maximum absolute atomic E-state index is 12.8. The van der Waals surface area contributed by atoms with E-state index in [0.29, 0.717) is 17.9 Å². The number of benzene rings is 2. The Labute approximate surface area is 173 Å². The summed E-state index contributed by atoms with van der Waals surface area (Å²) in [6, 6.07) is 15.1. The van der Waals surface area contributed by atoms with Crippen molar-refractivity contribution in [1.82, 2.24) is 19.9 Å². The number of imidazole rings is 1. The van der Waals surface area contributed by atoms with Crippen LogP contribution in [0.5, 0.6) is 11.5 Å². The third kappa shape index (κ3) is 3.14. The average Bonchev–Trinajstić information content (AvgIpc) is 3.35. The van der Waals surface area contributed by atoms with Crippen molar-refractivity contribution >= 4 is 17.1 Å². The van der Waals surface area contributed by atoms with Gasteiger partial charge in [0.1, 0.15) is 11.3 Å². The van der Waals surface area contributed by atoms with Crippen LogP contribution >= 0.6 is 0 Å². The third-order valence-electron chi connectivity index (χ3n) is 5.19. The van der Waals surface area contributed by atoms with Gasteiger partial charge in [0.15, 0.2) is 17.1 Å². The highest BCUT2D eigenvalue weighted by Gasteiger charge is 2.16. The highest BCUT2D eigenvalue weighted by molar-refractivity contribution is 5.95. The molecule has 150 valence electrons. The van der Waals surface area contributed by atoms with Crippen LogP contribution in [-0.2, 0) is 6.54 Å². The summed E-state index contributed by atoms with van der Waals surface area (Å²) in [6.45, 7) is 4.58. The second kappa shape index (κ2) is 7.18. The summed E-state index contributed by atoms with van der Waals surface area (Å²) in [7, 11) is 0. The van der Waals surface area contributed by atoms with Crippen molar-refractivity contribution in [3.8, 4) is 17.2 Å². The SMILES string of the molecule is Cc1ccc(C(=O)NCc2ccc3c(c2)OCO3)cc1-n1c(C)nc2cccnc21. The first-order chi connectivity index (χ1) is 14.6. The molecule has 5 rings (SSSR count). The van der Waals surface area contributed by atoms with E-state index in [4.69, 9.17) is 9.47 Å². The van der Waals surface area contributed by atoms with E-state index in [1.807, 2.05) is 66.9 Å². The molecule has 1 amide bonds. The summed E-state index contributed by atoms with van der Waals surface area (Å²) in [4.78, 5) is 21.9. The number of aryl methyl sites for hydroxylation is 2. The maximum Gasteiger partial charge on any atom is 0.251 e. The normalized spacial score (nSPS) is 12.3. The molecule has 3 heterocycles. The molecule has 1 aliphatic rings. The Morgan fingerprint density at radius 2 is 1.97 bits per heavy atom. The van der Waals surface area contributed by atoms with Crippen LogP contribution in [0.1, 0.15) is 27.3 Å². The summed E-state index contributed by atoms with van der Waals surface area (Å²) >= 11 is 0. The number of hydrogen-bond donors (Lipinski definition) is 1. The Hall–Kier alpha value is -3.87. The number of pyridine rings is 1. The molecule has 0 saturated carbocycles. The molecule has 0 saturated heterocycles. The quantitative estimate of drug-likeness (QED) is 0.565. The second-order valence-electron chi connectivity index (χ2n) is 7.21. The molecule has 0 radical (unpaired) electrons. The molecule has 4 aromatic rings. The van der Waals surface area contributed by atoms with Crippen LogP contribution in [0.4, 0.5) is 0 Å². The average molecular weight is 400 g/mol. The standard InChI is InChI=1S/C23H20N4O3/c1-14-5-7-17(11-19(14)27-15(2)26-18-4-3-9-24-22(18)27)23(28)25-12-16-6-8-20-21(10-16)30-13-29-20/h3-11H,12-13H2,1-2H3,(H,25,28). The van der Waals surface area contributed by atoms with Crippen molar-refractivity contribution in [2.24, 2.45) is 0 Å². The molecule has 7 heteroatoms. The Morgan fingerprint density at radius 1 is 1.10 bits per heavy atom. The minimum atomic E-state index is -0.149. The van der Waals surface area contributed by atoms with E-state index in [9.17, 15) is 4.79 Å². The molecule has 1 aliphatic heterocycles. The van der Waals surface area contributed by atoms with Crippen LogP contribution in [0.25, 0.3) is 16.9 Å². The minimum Gasteiger partial charge on any atom is -0.454 e. The van der Waals surface area contributed by atoms with Crippen LogP contribution in [0, 0.1) is 13.8 Å². The van der Waals surface area contributed by atoms with Gasteiger partial charge in [0, 0.05) is 18.3 Å². The van der Waals surface area contributed by atoms with E-state index < -0.39 is 0 Å². The summed E-state index contributed by atoms with van der Waals surface area (Å²) in [5, 5.41) is 2.97. The van der Waals surface area contributed by atoms with E-state index >= 15 is 0 Å². The zero-order valence-corrected chi connectivity index (χ0v) is 16.7. The molecule has 0 unspecified atom stereocenters. The highest BCUT2D eigenvalue weighted by Crippen LogP contribution is 2.32. The van der Waals surface area contributed by atoms with Gasteiger partial charge in [0.2, 0.25) is 6.79 Å².